The van der Waals surface area contributed by atoms with Gasteiger partial charge in [-0.3, -0.25) is 15.1 Å². The van der Waals surface area contributed by atoms with Gasteiger partial charge < -0.3 is 5.11 Å². The molecular weight excluding hydrogens is 258 g/mol. The highest BCUT2D eigenvalue weighted by Gasteiger charge is 2.21. The second-order valence-corrected chi connectivity index (χ2v) is 4.78. The van der Waals surface area contributed by atoms with E-state index in [2.05, 4.69) is 5.43 Å². The molecule has 1 aromatic carbocycles. The lowest BCUT2D eigenvalue weighted by Crippen LogP contribution is -2.52. The zero-order valence-electron chi connectivity index (χ0n) is 11.3. The minimum Gasteiger partial charge on any atom is -0.480 e. The molecule has 0 unspecified atom stereocenters. The van der Waals surface area contributed by atoms with Crippen LogP contribution in [0.2, 0.25) is 0 Å². The molecule has 20 heavy (non-hydrogen) atoms. The summed E-state index contributed by atoms with van der Waals surface area (Å²) in [7, 11) is 0. The Labute approximate surface area is 118 Å². The van der Waals surface area contributed by atoms with Crippen LogP contribution in [0.3, 0.4) is 0 Å². The predicted octanol–water partition coefficient (Wildman–Crippen LogP) is 1.69. The number of benzene rings is 1. The number of carbonyl (C=O) groups excluding carboxylic acids is 1. The third-order valence-electron chi connectivity index (χ3n) is 3.22. The fourth-order valence-electron chi connectivity index (χ4n) is 2.22. The maximum absolute atomic E-state index is 12.3. The highest BCUT2D eigenvalue weighted by atomic mass is 16.4. The highest BCUT2D eigenvalue weighted by Crippen LogP contribution is 2.14. The molecule has 1 aliphatic heterocycles. The fraction of sp³-hybridized carbons (Fsp3) is 0.429. The third kappa shape index (κ3) is 3.96. The first-order valence-electron chi connectivity index (χ1n) is 6.77. The lowest BCUT2D eigenvalue weighted by molar-refractivity contribution is -0.135. The monoisotopic (exact) mass is 277 g/mol. The minimum atomic E-state index is -1.04. The second kappa shape index (κ2) is 6.91. The number of aliphatic carboxylic acids is 1. The van der Waals surface area contributed by atoms with E-state index in [-0.39, 0.29) is 6.54 Å². The minimum absolute atomic E-state index is 0.357. The molecule has 6 heteroatoms. The number of piperidine rings is 1. The zero-order chi connectivity index (χ0) is 14.4. The van der Waals surface area contributed by atoms with Crippen molar-refractivity contribution in [3.8, 4) is 0 Å². The van der Waals surface area contributed by atoms with Gasteiger partial charge in [0.25, 0.3) is 0 Å². The Balaban J connectivity index is 2.05. The van der Waals surface area contributed by atoms with Crippen molar-refractivity contribution in [3.63, 3.8) is 0 Å². The average Bonchev–Trinajstić information content (AvgIpc) is 2.46. The van der Waals surface area contributed by atoms with E-state index in [1.807, 2.05) is 11.1 Å². The Morgan fingerprint density at radius 1 is 1.15 bits per heavy atom. The first kappa shape index (κ1) is 14.3. The summed E-state index contributed by atoms with van der Waals surface area (Å²) in [6.07, 6.45) is 3.26. The number of para-hydroxylation sites is 1. The number of carbonyl (C=O) groups is 2. The number of carboxylic acids is 1. The van der Waals surface area contributed by atoms with Crippen LogP contribution in [-0.4, -0.2) is 41.8 Å². The van der Waals surface area contributed by atoms with Gasteiger partial charge in [0, 0.05) is 18.8 Å². The van der Waals surface area contributed by atoms with E-state index < -0.39 is 12.0 Å². The molecule has 108 valence electrons. The molecule has 6 nitrogen and oxygen atoms in total. The van der Waals surface area contributed by atoms with E-state index in [1.165, 1.54) is 11.3 Å². The van der Waals surface area contributed by atoms with E-state index in [0.717, 1.165) is 25.9 Å². The topological polar surface area (TPSA) is 72.9 Å². The summed E-state index contributed by atoms with van der Waals surface area (Å²) in [5.74, 6) is -1.04. The number of nitrogens with zero attached hydrogens (tertiary/aromatic N) is 2. The number of nitrogens with one attached hydrogen (secondary N) is 1. The molecule has 1 aromatic rings. The zero-order valence-corrected chi connectivity index (χ0v) is 11.3. The summed E-state index contributed by atoms with van der Waals surface area (Å²) in [4.78, 5) is 24.4. The predicted molar refractivity (Wildman–Crippen MR) is 75.4 cm³/mol. The molecule has 0 aromatic heterocycles. The number of hydrogen-bond donors (Lipinski definition) is 2. The first-order chi connectivity index (χ1) is 9.66. The van der Waals surface area contributed by atoms with Gasteiger partial charge in [0.15, 0.2) is 0 Å². The van der Waals surface area contributed by atoms with Gasteiger partial charge in [-0.2, -0.15) is 0 Å². The van der Waals surface area contributed by atoms with E-state index in [0.29, 0.717) is 5.69 Å². The molecule has 1 heterocycles. The number of carboxylic acid groups (broad SMARTS) is 1. The first-order valence-corrected chi connectivity index (χ1v) is 6.77. The third-order valence-corrected chi connectivity index (χ3v) is 3.22. The molecule has 1 aliphatic rings. The highest BCUT2D eigenvalue weighted by molar-refractivity contribution is 5.95. The quantitative estimate of drug-likeness (QED) is 0.878. The molecule has 2 amide bonds. The van der Waals surface area contributed by atoms with Gasteiger partial charge >= 0.3 is 12.0 Å². The summed E-state index contributed by atoms with van der Waals surface area (Å²) >= 11 is 0. The summed E-state index contributed by atoms with van der Waals surface area (Å²) in [6.45, 7) is 1.26. The molecule has 0 saturated carbocycles. The molecule has 2 rings (SSSR count). The Morgan fingerprint density at radius 3 is 2.40 bits per heavy atom. The summed E-state index contributed by atoms with van der Waals surface area (Å²) in [5, 5.41) is 10.8. The van der Waals surface area contributed by atoms with Gasteiger partial charge in [-0.05, 0) is 25.0 Å². The van der Waals surface area contributed by atoms with Gasteiger partial charge in [0.2, 0.25) is 0 Å². The number of rotatable bonds is 4. The molecule has 1 saturated heterocycles. The summed E-state index contributed by atoms with van der Waals surface area (Å²) < 4.78 is 0. The lowest BCUT2D eigenvalue weighted by Gasteiger charge is -2.30. The molecule has 2 N–H and O–H groups in total. The van der Waals surface area contributed by atoms with Gasteiger partial charge in [0.05, 0.1) is 0 Å². The van der Waals surface area contributed by atoms with Gasteiger partial charge in [-0.15, -0.1) is 0 Å². The molecule has 1 fully saturated rings. The average molecular weight is 277 g/mol. The van der Waals surface area contributed by atoms with Crippen molar-refractivity contribution in [1.82, 2.24) is 10.4 Å². The Morgan fingerprint density at radius 2 is 1.80 bits per heavy atom. The number of hydrogen-bond acceptors (Lipinski definition) is 3. The largest absolute Gasteiger partial charge is 0.480 e. The van der Waals surface area contributed by atoms with E-state index >= 15 is 0 Å². The standard InChI is InChI=1S/C14H19N3O3/c18-13(19)11-17(12-7-3-1-4-8-12)14(20)15-16-9-5-2-6-10-16/h1,3-4,7-8H,2,5-6,9-11H2,(H,15,20)(H,18,19). The van der Waals surface area contributed by atoms with Crippen LogP contribution in [0.1, 0.15) is 19.3 Å². The Kier molecular flexibility index (Phi) is 4.95. The fourth-order valence-corrected chi connectivity index (χ4v) is 2.22. The summed E-state index contributed by atoms with van der Waals surface area (Å²) in [6, 6.07) is 8.42. The van der Waals surface area contributed by atoms with Crippen LogP contribution in [0.5, 0.6) is 0 Å². The van der Waals surface area contributed by atoms with Crippen molar-refractivity contribution >= 4 is 17.7 Å². The van der Waals surface area contributed by atoms with E-state index in [9.17, 15) is 9.59 Å². The van der Waals surface area contributed by atoms with Crippen LogP contribution in [-0.2, 0) is 4.79 Å². The molecule has 0 atom stereocenters. The molecule has 0 bridgehead atoms. The maximum Gasteiger partial charge on any atom is 0.336 e. The molecule has 0 spiro atoms. The van der Waals surface area contributed by atoms with Crippen LogP contribution in [0.4, 0.5) is 10.5 Å². The number of hydrazine groups is 1. The van der Waals surface area contributed by atoms with Crippen LogP contribution < -0.4 is 10.3 Å². The number of amides is 2. The van der Waals surface area contributed by atoms with Crippen molar-refractivity contribution in [3.05, 3.63) is 30.3 Å². The van der Waals surface area contributed by atoms with E-state index in [1.54, 1.807) is 24.3 Å². The smallest absolute Gasteiger partial charge is 0.336 e. The van der Waals surface area contributed by atoms with Crippen molar-refractivity contribution < 1.29 is 14.7 Å². The van der Waals surface area contributed by atoms with Crippen molar-refractivity contribution in [2.75, 3.05) is 24.5 Å². The van der Waals surface area contributed by atoms with Crippen molar-refractivity contribution in [2.24, 2.45) is 0 Å². The second-order valence-electron chi connectivity index (χ2n) is 4.78. The maximum atomic E-state index is 12.3. The van der Waals surface area contributed by atoms with Crippen LogP contribution in [0.15, 0.2) is 30.3 Å². The van der Waals surface area contributed by atoms with Crippen LogP contribution in [0.25, 0.3) is 0 Å². The van der Waals surface area contributed by atoms with Crippen molar-refractivity contribution in [2.45, 2.75) is 19.3 Å². The lowest BCUT2D eigenvalue weighted by atomic mass is 10.2. The van der Waals surface area contributed by atoms with Crippen LogP contribution in [0, 0.1) is 0 Å². The molecule has 0 aliphatic carbocycles. The SMILES string of the molecule is O=C(O)CN(C(=O)NN1CCCCC1)c1ccccc1. The molecule has 0 radical (unpaired) electrons. The normalized spacial score (nSPS) is 15.6. The van der Waals surface area contributed by atoms with E-state index in [4.69, 9.17) is 5.11 Å². The Hall–Kier alpha value is -2.08. The number of anilines is 1. The van der Waals surface area contributed by atoms with Gasteiger partial charge in [0.1, 0.15) is 6.54 Å². The van der Waals surface area contributed by atoms with Crippen LogP contribution >= 0.6 is 0 Å². The molecular formula is C14H19N3O3. The van der Waals surface area contributed by atoms with Crippen molar-refractivity contribution in [1.29, 1.82) is 0 Å². The van der Waals surface area contributed by atoms with Gasteiger partial charge in [-0.25, -0.2) is 9.80 Å². The Bertz CT molecular complexity index is 458. The van der Waals surface area contributed by atoms with Gasteiger partial charge in [-0.1, -0.05) is 24.6 Å². The summed E-state index contributed by atoms with van der Waals surface area (Å²) in [5.41, 5.74) is 3.35. The number of urea groups is 1.